The maximum Gasteiger partial charge on any atom is 0.0551 e. The van der Waals surface area contributed by atoms with Crippen LogP contribution >= 0.6 is 0 Å². The first kappa shape index (κ1) is 15.5. The minimum atomic E-state index is 0.420. The Balaban J connectivity index is 2.10. The molecule has 3 unspecified atom stereocenters. The van der Waals surface area contributed by atoms with Gasteiger partial charge in [-0.05, 0) is 63.3 Å². The van der Waals surface area contributed by atoms with Gasteiger partial charge in [0.2, 0.25) is 0 Å². The van der Waals surface area contributed by atoms with E-state index >= 15 is 0 Å². The van der Waals surface area contributed by atoms with Crippen molar-refractivity contribution in [3.8, 4) is 0 Å². The lowest BCUT2D eigenvalue weighted by Gasteiger charge is -2.25. The van der Waals surface area contributed by atoms with E-state index in [4.69, 9.17) is 4.74 Å². The Hall–Kier alpha value is -0.860. The Bertz CT molecular complexity index is 409. The summed E-state index contributed by atoms with van der Waals surface area (Å²) in [7, 11) is 0. The number of nitrogens with one attached hydrogen (secondary N) is 1. The predicted molar refractivity (Wildman–Crippen MR) is 85.2 cm³/mol. The van der Waals surface area contributed by atoms with Crippen LogP contribution in [0.15, 0.2) is 18.2 Å². The van der Waals surface area contributed by atoms with Crippen LogP contribution in [0.25, 0.3) is 0 Å². The summed E-state index contributed by atoms with van der Waals surface area (Å²) in [5, 5.41) is 3.75. The highest BCUT2D eigenvalue weighted by Crippen LogP contribution is 2.26. The highest BCUT2D eigenvalue weighted by molar-refractivity contribution is 5.34. The molecule has 112 valence electrons. The van der Waals surface area contributed by atoms with E-state index < -0.39 is 0 Å². The Morgan fingerprint density at radius 2 is 2.00 bits per heavy atom. The standard InChI is InChI=1S/C18H29NO/c1-5-9-19-18(16-10-15(4)20-12-16)11-17-13(2)7-6-8-14(17)3/h6-8,15-16,18-19H,5,9-12H2,1-4H3. The molecule has 1 N–H and O–H groups in total. The van der Waals surface area contributed by atoms with Gasteiger partial charge in [0, 0.05) is 12.0 Å². The summed E-state index contributed by atoms with van der Waals surface area (Å²) in [6.07, 6.45) is 3.92. The Labute approximate surface area is 123 Å². The van der Waals surface area contributed by atoms with Crippen molar-refractivity contribution in [3.05, 3.63) is 34.9 Å². The molecule has 20 heavy (non-hydrogen) atoms. The van der Waals surface area contributed by atoms with E-state index in [2.05, 4.69) is 51.2 Å². The number of benzene rings is 1. The third-order valence-electron chi connectivity index (χ3n) is 4.52. The monoisotopic (exact) mass is 275 g/mol. The molecule has 1 saturated heterocycles. The van der Waals surface area contributed by atoms with Gasteiger partial charge in [-0.2, -0.15) is 0 Å². The molecule has 0 aliphatic carbocycles. The second-order valence-corrected chi connectivity index (χ2v) is 6.27. The zero-order valence-corrected chi connectivity index (χ0v) is 13.4. The van der Waals surface area contributed by atoms with Crippen LogP contribution in [0, 0.1) is 19.8 Å². The molecule has 2 rings (SSSR count). The lowest BCUT2D eigenvalue weighted by Crippen LogP contribution is -2.39. The first-order valence-corrected chi connectivity index (χ1v) is 8.01. The normalized spacial score (nSPS) is 24.0. The molecule has 0 radical (unpaired) electrons. The molecule has 1 aromatic rings. The van der Waals surface area contributed by atoms with Crippen molar-refractivity contribution < 1.29 is 4.74 Å². The molecule has 0 bridgehead atoms. The third-order valence-corrected chi connectivity index (χ3v) is 4.52. The van der Waals surface area contributed by atoms with E-state index in [9.17, 15) is 0 Å². The largest absolute Gasteiger partial charge is 0.378 e. The van der Waals surface area contributed by atoms with Gasteiger partial charge in [0.05, 0.1) is 12.7 Å². The van der Waals surface area contributed by atoms with Crippen LogP contribution in [0.5, 0.6) is 0 Å². The van der Waals surface area contributed by atoms with E-state index in [1.165, 1.54) is 29.5 Å². The van der Waals surface area contributed by atoms with Gasteiger partial charge in [-0.25, -0.2) is 0 Å². The van der Waals surface area contributed by atoms with Gasteiger partial charge in [0.25, 0.3) is 0 Å². The fraction of sp³-hybridized carbons (Fsp3) is 0.667. The van der Waals surface area contributed by atoms with Crippen LogP contribution in [-0.2, 0) is 11.2 Å². The quantitative estimate of drug-likeness (QED) is 0.856. The molecular weight excluding hydrogens is 246 g/mol. The second-order valence-electron chi connectivity index (χ2n) is 6.27. The van der Waals surface area contributed by atoms with Crippen molar-refractivity contribution in [3.63, 3.8) is 0 Å². The van der Waals surface area contributed by atoms with Crippen LogP contribution in [0.1, 0.15) is 43.4 Å². The number of hydrogen-bond acceptors (Lipinski definition) is 2. The second kappa shape index (κ2) is 7.24. The highest BCUT2D eigenvalue weighted by Gasteiger charge is 2.29. The molecule has 0 aromatic heterocycles. The van der Waals surface area contributed by atoms with Crippen molar-refractivity contribution in [1.82, 2.24) is 5.32 Å². The number of hydrogen-bond donors (Lipinski definition) is 1. The molecule has 0 saturated carbocycles. The third kappa shape index (κ3) is 3.83. The molecule has 1 aromatic carbocycles. The van der Waals surface area contributed by atoms with Crippen LogP contribution in [0.3, 0.4) is 0 Å². The molecule has 2 nitrogen and oxygen atoms in total. The van der Waals surface area contributed by atoms with E-state index in [0.717, 1.165) is 19.6 Å². The predicted octanol–water partition coefficient (Wildman–Crippen LogP) is 3.64. The minimum absolute atomic E-state index is 0.420. The van der Waals surface area contributed by atoms with Gasteiger partial charge in [0.1, 0.15) is 0 Å². The smallest absolute Gasteiger partial charge is 0.0551 e. The molecule has 1 fully saturated rings. The van der Waals surface area contributed by atoms with Gasteiger partial charge in [-0.15, -0.1) is 0 Å². The van der Waals surface area contributed by atoms with Gasteiger partial charge >= 0.3 is 0 Å². The molecule has 1 aliphatic rings. The average Bonchev–Trinajstić information content (AvgIpc) is 2.84. The highest BCUT2D eigenvalue weighted by atomic mass is 16.5. The first-order chi connectivity index (χ1) is 9.61. The molecule has 0 spiro atoms. The summed E-state index contributed by atoms with van der Waals surface area (Å²) in [6.45, 7) is 10.9. The first-order valence-electron chi connectivity index (χ1n) is 8.01. The van der Waals surface area contributed by atoms with Crippen molar-refractivity contribution >= 4 is 0 Å². The summed E-state index contributed by atoms with van der Waals surface area (Å²) in [6, 6.07) is 7.16. The summed E-state index contributed by atoms with van der Waals surface area (Å²) in [5.74, 6) is 0.649. The Morgan fingerprint density at radius 1 is 1.30 bits per heavy atom. The minimum Gasteiger partial charge on any atom is -0.378 e. The summed E-state index contributed by atoms with van der Waals surface area (Å²) in [4.78, 5) is 0. The number of rotatable bonds is 6. The van der Waals surface area contributed by atoms with Crippen molar-refractivity contribution in [2.45, 2.75) is 59.1 Å². The van der Waals surface area contributed by atoms with Crippen molar-refractivity contribution in [2.24, 2.45) is 5.92 Å². The number of ether oxygens (including phenoxy) is 1. The van der Waals surface area contributed by atoms with Crippen molar-refractivity contribution in [1.29, 1.82) is 0 Å². The SMILES string of the molecule is CCCNC(Cc1c(C)cccc1C)C1COC(C)C1. The van der Waals surface area contributed by atoms with Crippen LogP contribution < -0.4 is 5.32 Å². The van der Waals surface area contributed by atoms with E-state index in [1.54, 1.807) is 0 Å². The van der Waals surface area contributed by atoms with E-state index in [0.29, 0.717) is 18.1 Å². The zero-order chi connectivity index (χ0) is 14.5. The average molecular weight is 275 g/mol. The van der Waals surface area contributed by atoms with Gasteiger partial charge in [-0.3, -0.25) is 0 Å². The van der Waals surface area contributed by atoms with Crippen LogP contribution in [0.2, 0.25) is 0 Å². The summed E-state index contributed by atoms with van der Waals surface area (Å²) >= 11 is 0. The van der Waals surface area contributed by atoms with E-state index in [1.807, 2.05) is 0 Å². The molecule has 1 heterocycles. The molecular formula is C18H29NO. The van der Waals surface area contributed by atoms with Gasteiger partial charge in [0.15, 0.2) is 0 Å². The maximum absolute atomic E-state index is 5.78. The summed E-state index contributed by atoms with van der Waals surface area (Å²) in [5.41, 5.74) is 4.35. The maximum atomic E-state index is 5.78. The lowest BCUT2D eigenvalue weighted by molar-refractivity contribution is 0.117. The van der Waals surface area contributed by atoms with Crippen molar-refractivity contribution in [2.75, 3.05) is 13.2 Å². The fourth-order valence-electron chi connectivity index (χ4n) is 3.26. The topological polar surface area (TPSA) is 21.3 Å². The van der Waals surface area contributed by atoms with Crippen LogP contribution in [-0.4, -0.2) is 25.3 Å². The van der Waals surface area contributed by atoms with Gasteiger partial charge in [-0.1, -0.05) is 25.1 Å². The Kier molecular flexibility index (Phi) is 5.62. The summed E-state index contributed by atoms with van der Waals surface area (Å²) < 4.78 is 5.78. The zero-order valence-electron chi connectivity index (χ0n) is 13.4. The fourth-order valence-corrected chi connectivity index (χ4v) is 3.26. The molecule has 0 amide bonds. The molecule has 2 heteroatoms. The number of aryl methyl sites for hydroxylation is 2. The Morgan fingerprint density at radius 3 is 2.55 bits per heavy atom. The van der Waals surface area contributed by atoms with Crippen LogP contribution in [0.4, 0.5) is 0 Å². The van der Waals surface area contributed by atoms with E-state index in [-0.39, 0.29) is 0 Å². The van der Waals surface area contributed by atoms with Gasteiger partial charge < -0.3 is 10.1 Å². The lowest BCUT2D eigenvalue weighted by atomic mass is 9.88. The molecule has 1 aliphatic heterocycles. The molecule has 3 atom stereocenters.